The Bertz CT molecular complexity index is 2340. The van der Waals surface area contributed by atoms with Crippen LogP contribution in [0, 0.1) is 11.6 Å². The third-order valence-electron chi connectivity index (χ3n) is 8.01. The molecular formula is C33H28F2N4O5S. The van der Waals surface area contributed by atoms with E-state index < -0.39 is 27.6 Å². The van der Waals surface area contributed by atoms with Crippen molar-refractivity contribution >= 4 is 43.5 Å². The van der Waals surface area contributed by atoms with Crippen molar-refractivity contribution in [3.63, 3.8) is 0 Å². The van der Waals surface area contributed by atoms with Gasteiger partial charge in [0.25, 0.3) is 11.5 Å². The highest BCUT2D eigenvalue weighted by atomic mass is 32.2. The smallest absolute Gasteiger partial charge is 0.259 e. The number of pyridine rings is 1. The average molecular weight is 631 g/mol. The van der Waals surface area contributed by atoms with Gasteiger partial charge in [0, 0.05) is 67.9 Å². The highest BCUT2D eigenvalue weighted by Gasteiger charge is 2.27. The summed E-state index contributed by atoms with van der Waals surface area (Å²) in [4.78, 5) is 26.7. The van der Waals surface area contributed by atoms with E-state index in [1.165, 1.54) is 55.1 Å². The van der Waals surface area contributed by atoms with Crippen molar-refractivity contribution in [2.24, 2.45) is 14.1 Å². The summed E-state index contributed by atoms with van der Waals surface area (Å²) in [5.74, 6) is -1.19. The summed E-state index contributed by atoms with van der Waals surface area (Å²) >= 11 is 0. The number of aryl methyl sites for hydroxylation is 2. The number of carbonyl (C=O) groups is 1. The molecule has 3 heterocycles. The van der Waals surface area contributed by atoms with E-state index in [4.69, 9.17) is 4.42 Å². The van der Waals surface area contributed by atoms with Crippen LogP contribution >= 0.6 is 0 Å². The van der Waals surface area contributed by atoms with Crippen molar-refractivity contribution in [1.29, 1.82) is 0 Å². The van der Waals surface area contributed by atoms with Gasteiger partial charge in [-0.1, -0.05) is 6.07 Å². The quantitative estimate of drug-likeness (QED) is 0.256. The first kappa shape index (κ1) is 29.8. The fourth-order valence-corrected chi connectivity index (χ4v) is 6.09. The average Bonchev–Trinajstić information content (AvgIpc) is 3.55. The lowest BCUT2D eigenvalue weighted by Gasteiger charge is -2.21. The number of amides is 1. The summed E-state index contributed by atoms with van der Waals surface area (Å²) in [6.07, 6.45) is 2.62. The summed E-state index contributed by atoms with van der Waals surface area (Å²) in [5, 5.41) is 3.34. The fourth-order valence-electron chi connectivity index (χ4n) is 5.58. The Hall–Kier alpha value is -5.23. The molecule has 3 aromatic carbocycles. The van der Waals surface area contributed by atoms with Gasteiger partial charge in [0.05, 0.1) is 34.3 Å². The number of hydrogen-bond acceptors (Lipinski definition) is 5. The molecule has 6 aromatic rings. The standard InChI is InChI=1S/C33H28F2N4O5S/c1-36-32(40)30-24-14-21(28(39(4)45(5,42)43)16-29(24)44-31(30)18-9-11-20(34)12-10-18)19-13-23(33(41)37(2)17-19)27-15-22-25(35)7-6-8-26(22)38(27)3/h6-17H,1-5H3,(H,36,40). The van der Waals surface area contributed by atoms with E-state index in [1.54, 1.807) is 55.2 Å². The van der Waals surface area contributed by atoms with E-state index >= 15 is 0 Å². The summed E-state index contributed by atoms with van der Waals surface area (Å²) in [7, 11) is 2.36. The molecule has 0 aliphatic heterocycles. The number of benzene rings is 3. The monoisotopic (exact) mass is 630 g/mol. The van der Waals surface area contributed by atoms with Gasteiger partial charge < -0.3 is 18.9 Å². The van der Waals surface area contributed by atoms with Gasteiger partial charge in [-0.05, 0) is 54.6 Å². The van der Waals surface area contributed by atoms with Crippen LogP contribution in [0.3, 0.4) is 0 Å². The number of hydrogen-bond donors (Lipinski definition) is 1. The van der Waals surface area contributed by atoms with Gasteiger partial charge in [-0.15, -0.1) is 0 Å². The molecule has 12 heteroatoms. The summed E-state index contributed by atoms with van der Waals surface area (Å²) < 4.78 is 64.4. The Morgan fingerprint density at radius 2 is 1.64 bits per heavy atom. The molecule has 0 bridgehead atoms. The minimum Gasteiger partial charge on any atom is -0.455 e. The number of halogens is 2. The summed E-state index contributed by atoms with van der Waals surface area (Å²) in [6.45, 7) is 0. The van der Waals surface area contributed by atoms with Crippen LogP contribution in [0.25, 0.3) is 55.6 Å². The van der Waals surface area contributed by atoms with Crippen LogP contribution in [0.5, 0.6) is 0 Å². The molecule has 230 valence electrons. The van der Waals surface area contributed by atoms with Gasteiger partial charge in [-0.25, -0.2) is 17.2 Å². The maximum absolute atomic E-state index is 14.7. The Labute approximate surface area is 257 Å². The molecule has 0 fully saturated rings. The minimum absolute atomic E-state index is 0.170. The van der Waals surface area contributed by atoms with Gasteiger partial charge in [0.15, 0.2) is 0 Å². The molecule has 9 nitrogen and oxygen atoms in total. The zero-order valence-electron chi connectivity index (χ0n) is 25.0. The highest BCUT2D eigenvalue weighted by molar-refractivity contribution is 7.92. The second kappa shape index (κ2) is 10.7. The second-order valence-corrected chi connectivity index (χ2v) is 12.8. The van der Waals surface area contributed by atoms with Gasteiger partial charge in [-0.3, -0.25) is 13.9 Å². The normalized spacial score (nSPS) is 11.8. The Morgan fingerprint density at radius 1 is 0.933 bits per heavy atom. The van der Waals surface area contributed by atoms with E-state index in [-0.39, 0.29) is 33.7 Å². The van der Waals surface area contributed by atoms with Crippen molar-refractivity contribution in [2.75, 3.05) is 24.7 Å². The molecule has 0 spiro atoms. The van der Waals surface area contributed by atoms with Crippen molar-refractivity contribution in [2.45, 2.75) is 0 Å². The zero-order valence-corrected chi connectivity index (χ0v) is 25.8. The van der Waals surface area contributed by atoms with E-state index in [0.29, 0.717) is 38.7 Å². The Kier molecular flexibility index (Phi) is 7.12. The summed E-state index contributed by atoms with van der Waals surface area (Å²) in [5.41, 5.74) is 2.86. The number of rotatable bonds is 6. The van der Waals surface area contributed by atoms with Crippen LogP contribution in [-0.4, -0.2) is 43.8 Å². The lowest BCUT2D eigenvalue weighted by Crippen LogP contribution is -2.25. The van der Waals surface area contributed by atoms with Gasteiger partial charge in [-0.2, -0.15) is 0 Å². The van der Waals surface area contributed by atoms with Crippen LogP contribution in [0.4, 0.5) is 14.5 Å². The molecule has 0 saturated carbocycles. The molecule has 0 aliphatic rings. The van der Waals surface area contributed by atoms with E-state index in [2.05, 4.69) is 5.32 Å². The lowest BCUT2D eigenvalue weighted by molar-refractivity contribution is 0.0964. The maximum atomic E-state index is 14.7. The predicted octanol–water partition coefficient (Wildman–Crippen LogP) is 5.66. The molecule has 0 atom stereocenters. The maximum Gasteiger partial charge on any atom is 0.259 e. The molecular weight excluding hydrogens is 602 g/mol. The SMILES string of the molecule is CNC(=O)c1c(-c2ccc(F)cc2)oc2cc(N(C)S(C)(=O)=O)c(-c3cc(-c4cc5c(F)cccc5n4C)c(=O)n(C)c3)cc12. The number of carbonyl (C=O) groups excluding carboxylic acids is 1. The minimum atomic E-state index is -3.79. The Morgan fingerprint density at radius 3 is 2.29 bits per heavy atom. The Balaban J connectivity index is 1.68. The number of sulfonamides is 1. The fraction of sp³-hybridized carbons (Fsp3) is 0.152. The lowest BCUT2D eigenvalue weighted by atomic mass is 9.98. The molecule has 45 heavy (non-hydrogen) atoms. The number of furan rings is 1. The largest absolute Gasteiger partial charge is 0.455 e. The van der Waals surface area contributed by atoms with Crippen LogP contribution in [-0.2, 0) is 24.1 Å². The van der Waals surface area contributed by atoms with Crippen molar-refractivity contribution in [1.82, 2.24) is 14.5 Å². The highest BCUT2D eigenvalue weighted by Crippen LogP contribution is 2.42. The van der Waals surface area contributed by atoms with E-state index in [0.717, 1.165) is 10.6 Å². The van der Waals surface area contributed by atoms with Crippen LogP contribution in [0.1, 0.15) is 10.4 Å². The number of aromatic nitrogens is 2. The predicted molar refractivity (Wildman–Crippen MR) is 171 cm³/mol. The molecule has 3 aromatic heterocycles. The van der Waals surface area contributed by atoms with Crippen LogP contribution in [0.15, 0.2) is 82.1 Å². The van der Waals surface area contributed by atoms with E-state index in [9.17, 15) is 26.8 Å². The number of fused-ring (bicyclic) bond motifs is 2. The van der Waals surface area contributed by atoms with Gasteiger partial charge in [0.1, 0.15) is 23.0 Å². The summed E-state index contributed by atoms with van der Waals surface area (Å²) in [6, 6.07) is 16.5. The topological polar surface area (TPSA) is 107 Å². The number of nitrogens with one attached hydrogen (secondary N) is 1. The first-order chi connectivity index (χ1) is 21.3. The van der Waals surface area contributed by atoms with Crippen molar-refractivity contribution in [3.8, 4) is 33.7 Å². The molecule has 6 rings (SSSR count). The zero-order chi connectivity index (χ0) is 32.4. The molecule has 0 aliphatic carbocycles. The first-order valence-electron chi connectivity index (χ1n) is 13.8. The third kappa shape index (κ3) is 4.96. The molecule has 0 saturated heterocycles. The van der Waals surface area contributed by atoms with Crippen molar-refractivity contribution in [3.05, 3.63) is 100 Å². The van der Waals surface area contributed by atoms with Crippen LogP contribution < -0.4 is 15.2 Å². The number of nitrogens with zero attached hydrogens (tertiary/aromatic N) is 3. The molecule has 0 unspecified atom stereocenters. The van der Waals surface area contributed by atoms with Crippen LogP contribution in [0.2, 0.25) is 0 Å². The second-order valence-electron chi connectivity index (χ2n) is 10.8. The molecule has 0 radical (unpaired) electrons. The first-order valence-corrected chi connectivity index (χ1v) is 15.6. The number of anilines is 1. The molecule has 1 amide bonds. The van der Waals surface area contributed by atoms with E-state index in [1.807, 2.05) is 0 Å². The third-order valence-corrected chi connectivity index (χ3v) is 9.20. The van der Waals surface area contributed by atoms with Gasteiger partial charge in [0.2, 0.25) is 10.0 Å². The van der Waals surface area contributed by atoms with Crippen molar-refractivity contribution < 1.29 is 26.4 Å². The molecule has 1 N–H and O–H groups in total. The van der Waals surface area contributed by atoms with Gasteiger partial charge >= 0.3 is 0 Å².